The first-order valence-electron chi connectivity index (χ1n) is 37.0. The first-order chi connectivity index (χ1) is 46.0. The zero-order chi connectivity index (χ0) is 72.8. The van der Waals surface area contributed by atoms with Crippen LogP contribution in [0.25, 0.3) is 47.7 Å². The number of thiophene rings is 1. The highest BCUT2D eigenvalue weighted by Crippen LogP contribution is 2.54. The highest BCUT2D eigenvalue weighted by atomic mass is 32.1. The highest BCUT2D eigenvalue weighted by molar-refractivity contribution is 7.26. The summed E-state index contributed by atoms with van der Waals surface area (Å²) in [5, 5.41) is -1.45. The molecule has 2 aromatic heterocycles. The Morgan fingerprint density at radius 3 is 1.78 bits per heavy atom. The fourth-order valence-corrected chi connectivity index (χ4v) is 10.6. The molecular weight excluding hydrogens is 856 g/mol. The van der Waals surface area contributed by atoms with Crippen molar-refractivity contribution in [1.82, 2.24) is 4.57 Å². The Bertz CT molecular complexity index is 5630. The van der Waals surface area contributed by atoms with Crippen LogP contribution in [-0.4, -0.2) is 11.3 Å². The van der Waals surface area contributed by atoms with Crippen LogP contribution in [0.4, 0.5) is 51.2 Å². The van der Waals surface area contributed by atoms with E-state index < -0.39 is 272 Å². The molecule has 0 saturated heterocycles. The lowest BCUT2D eigenvalue weighted by Crippen LogP contribution is -2.61. The molecule has 14 rings (SSSR count). The molecule has 0 spiro atoms. The predicted molar refractivity (Wildman–Crippen MR) is 298 cm³/mol. The van der Waals surface area contributed by atoms with Crippen LogP contribution in [0.15, 0.2) is 181 Å². The van der Waals surface area contributed by atoms with Gasteiger partial charge >= 0.3 is 0 Å². The van der Waals surface area contributed by atoms with E-state index >= 15 is 0 Å². The first-order valence-corrected chi connectivity index (χ1v) is 22.8. The molecule has 5 heterocycles. The van der Waals surface area contributed by atoms with Gasteiger partial charge in [-0.2, -0.15) is 0 Å². The van der Waals surface area contributed by atoms with Crippen molar-refractivity contribution in [3.05, 3.63) is 198 Å². The van der Waals surface area contributed by atoms with Crippen molar-refractivity contribution < 1.29 is 41.1 Å². The van der Waals surface area contributed by atoms with Gasteiger partial charge in [-0.15, -0.1) is 11.3 Å². The smallest absolute Gasteiger partial charge is 0.252 e. The highest BCUT2D eigenvalue weighted by Gasteiger charge is 2.46. The molecule has 3 aliphatic heterocycles. The minimum Gasteiger partial charge on any atom is -0.311 e. The molecule has 0 saturated carbocycles. The van der Waals surface area contributed by atoms with Crippen molar-refractivity contribution in [3.63, 3.8) is 0 Å². The summed E-state index contributed by atoms with van der Waals surface area (Å²) in [5.74, 6) is 0. The molecule has 11 aromatic rings. The summed E-state index contributed by atoms with van der Waals surface area (Å²) in [4.78, 5) is 2.76. The van der Waals surface area contributed by atoms with Gasteiger partial charge in [-0.25, -0.2) is 0 Å². The second-order valence-electron chi connectivity index (χ2n) is 19.1. The summed E-state index contributed by atoms with van der Waals surface area (Å²) in [6.45, 7) is 8.94. The molecule has 69 heavy (non-hydrogen) atoms. The molecule has 0 N–H and O–H groups in total. The number of aromatic nitrogens is 1. The first kappa shape index (κ1) is 20.6. The minimum atomic E-state index is -2.02. The van der Waals surface area contributed by atoms with E-state index in [1.165, 1.54) is 6.92 Å². The van der Waals surface area contributed by atoms with Crippen molar-refractivity contribution in [3.8, 4) is 5.69 Å². The van der Waals surface area contributed by atoms with E-state index in [-0.39, 0.29) is 58.6 Å². The maximum atomic E-state index is 11.1. The number of hydrogen-bond donors (Lipinski definition) is 0. The van der Waals surface area contributed by atoms with E-state index in [0.29, 0.717) is 16.2 Å². The third-order valence-electron chi connectivity index (χ3n) is 12.7. The standard InChI is InChI=1S/C63H51BN4S/c1-38-35-54-59-55(36-38)68-51-21-12-17-45-44-15-8-10-19-49(44)67(60(45)51)52-22-13-18-48(61(52)68)64(59)47-34-33-43(37-53(47)66(54)50-20-14-24-57-58(50)46-16-9-11-23-56(46)69-57)65(41-29-25-39(26-30-41)62(2,3)4)42-31-27-40(28-32-42)63(5,6)7/h8-37H,1-7H3/i8D,9D,10D,11D,12D,13D,14D,15D,16D,17D,18D,19D,20D,21D,22D,23D,24D,25D,26D,27D,28D,29D,30D,31D,32D,33D,34D,35D,36D,37D. The summed E-state index contributed by atoms with van der Waals surface area (Å²) in [6.07, 6.45) is 0. The van der Waals surface area contributed by atoms with Gasteiger partial charge in [0.1, 0.15) is 0 Å². The summed E-state index contributed by atoms with van der Waals surface area (Å²) < 4.78 is 293. The monoisotopic (exact) mass is 937 g/mol. The fourth-order valence-electron chi connectivity index (χ4n) is 9.63. The number of hydrogen-bond acceptors (Lipinski definition) is 4. The Morgan fingerprint density at radius 1 is 0.478 bits per heavy atom. The maximum absolute atomic E-state index is 11.1. The molecule has 0 unspecified atom stereocenters. The second-order valence-corrected chi connectivity index (χ2v) is 20.1. The van der Waals surface area contributed by atoms with Crippen LogP contribution in [0.2, 0.25) is 0 Å². The normalized spacial score (nSPS) is 19.7. The average Bonchev–Trinajstić information content (AvgIpc) is 1.65. The molecule has 4 nitrogen and oxygen atoms in total. The van der Waals surface area contributed by atoms with E-state index in [9.17, 15) is 35.6 Å². The molecule has 0 amide bonds. The Labute approximate surface area is 450 Å². The van der Waals surface area contributed by atoms with Crippen molar-refractivity contribution in [1.29, 1.82) is 0 Å². The Kier molecular flexibility index (Phi) is 4.25. The number of benzene rings is 9. The third-order valence-corrected chi connectivity index (χ3v) is 13.8. The maximum Gasteiger partial charge on any atom is 0.252 e. The number of nitrogens with zero attached hydrogens (tertiary/aromatic N) is 4. The molecule has 0 atom stereocenters. The Balaban J connectivity index is 1.28. The molecule has 0 aliphatic carbocycles. The lowest BCUT2D eigenvalue weighted by Gasteiger charge is -2.46. The fraction of sp³-hybridized carbons (Fsp3) is 0.143. The largest absolute Gasteiger partial charge is 0.311 e. The van der Waals surface area contributed by atoms with Gasteiger partial charge < -0.3 is 19.3 Å². The van der Waals surface area contributed by atoms with Crippen LogP contribution < -0.4 is 31.1 Å². The average molecular weight is 937 g/mol. The SMILES string of the molecule is [2H]c1c([2H])c2c3c(c1[2H])-n1c4c([2H])c([2H])c([2H])c([2H])c4c4c([2H])c([2H])c([2H])c(c41)N3c1c([2H])c(C)c([2H])c3c1B2c1c([2H])c([2H])c(N(c2c([2H])c([2H])c(C(C)(C)C)c([2H])c2[2H])c2c([2H])c([2H])c(C(C)(C)C)c([2H])c2[2H])c([2H])c1N3c1c([2H])c([2H])c([2H])c2sc3c([2H])c([2H])c([2H])c([2H])c3c12. The summed E-state index contributed by atoms with van der Waals surface area (Å²) >= 11 is 0.623. The lowest BCUT2D eigenvalue weighted by molar-refractivity contribution is 0.590. The molecule has 6 heteroatoms. The molecule has 0 bridgehead atoms. The molecule has 3 aliphatic rings. The lowest BCUT2D eigenvalue weighted by atomic mass is 9.33. The number of fused-ring (bicyclic) bond motifs is 12. The van der Waals surface area contributed by atoms with Gasteiger partial charge in [-0.1, -0.05) is 138 Å². The van der Waals surface area contributed by atoms with Crippen LogP contribution in [0, 0.1) is 6.92 Å². The van der Waals surface area contributed by atoms with E-state index in [2.05, 4.69) is 0 Å². The van der Waals surface area contributed by atoms with Gasteiger partial charge in [0.25, 0.3) is 6.71 Å². The number of rotatable bonds is 4. The second kappa shape index (κ2) is 14.3. The zero-order valence-electron chi connectivity index (χ0n) is 67.8. The molecule has 0 fully saturated rings. The van der Waals surface area contributed by atoms with E-state index in [1.807, 2.05) is 0 Å². The van der Waals surface area contributed by atoms with Crippen molar-refractivity contribution in [2.75, 3.05) is 14.7 Å². The van der Waals surface area contributed by atoms with Crippen molar-refractivity contribution in [2.45, 2.75) is 59.3 Å². The van der Waals surface area contributed by atoms with Crippen molar-refractivity contribution >= 4 is 128 Å². The molecular formula is C63H51BN4S. The van der Waals surface area contributed by atoms with Crippen LogP contribution in [0.1, 0.15) is 99.4 Å². The van der Waals surface area contributed by atoms with Crippen LogP contribution >= 0.6 is 11.3 Å². The van der Waals surface area contributed by atoms with Gasteiger partial charge in [0.15, 0.2) is 0 Å². The van der Waals surface area contributed by atoms with Gasteiger partial charge in [0.2, 0.25) is 0 Å². The van der Waals surface area contributed by atoms with E-state index in [1.54, 1.807) is 41.5 Å². The Hall–Kier alpha value is -7.54. The summed E-state index contributed by atoms with van der Waals surface area (Å²) in [5.41, 5.74) is -11.5. The third kappa shape index (κ3) is 5.76. The summed E-state index contributed by atoms with van der Waals surface area (Å²) in [6, 6.07) is -24.3. The molecule has 9 aromatic carbocycles. The van der Waals surface area contributed by atoms with Crippen LogP contribution in [0.3, 0.4) is 0 Å². The molecule has 332 valence electrons. The van der Waals surface area contributed by atoms with E-state index in [4.69, 9.17) is 5.48 Å². The predicted octanol–water partition coefficient (Wildman–Crippen LogP) is 15.9. The minimum absolute atomic E-state index is 0.142. The van der Waals surface area contributed by atoms with E-state index in [0.717, 1.165) is 14.4 Å². The quantitative estimate of drug-likeness (QED) is 0.163. The molecule has 0 radical (unpaired) electrons. The van der Waals surface area contributed by atoms with Gasteiger partial charge in [0, 0.05) is 65.1 Å². The number of para-hydroxylation sites is 3. The van der Waals surface area contributed by atoms with Crippen LogP contribution in [-0.2, 0) is 10.8 Å². The van der Waals surface area contributed by atoms with Gasteiger partial charge in [-0.05, 0) is 135 Å². The topological polar surface area (TPSA) is 14.7 Å². The van der Waals surface area contributed by atoms with Gasteiger partial charge in [0.05, 0.1) is 74.9 Å². The van der Waals surface area contributed by atoms with Gasteiger partial charge in [-0.3, -0.25) is 0 Å². The number of anilines is 9. The Morgan fingerprint density at radius 2 is 1.06 bits per heavy atom. The zero-order valence-corrected chi connectivity index (χ0v) is 38.6. The summed E-state index contributed by atoms with van der Waals surface area (Å²) in [7, 11) is 0. The van der Waals surface area contributed by atoms with Crippen molar-refractivity contribution in [2.24, 2.45) is 0 Å². The van der Waals surface area contributed by atoms with Crippen LogP contribution in [0.5, 0.6) is 0 Å².